The van der Waals surface area contributed by atoms with E-state index in [1.807, 2.05) is 6.92 Å². The number of nitrogens with zero attached hydrogens (tertiary/aromatic N) is 3. The Labute approximate surface area is 120 Å². The molecule has 19 heavy (non-hydrogen) atoms. The van der Waals surface area contributed by atoms with Gasteiger partial charge in [-0.25, -0.2) is 0 Å². The molecule has 0 aliphatic rings. The number of rotatable bonds is 10. The summed E-state index contributed by atoms with van der Waals surface area (Å²) in [6.45, 7) is 5.54. The van der Waals surface area contributed by atoms with Gasteiger partial charge in [0.25, 0.3) is 0 Å². The second kappa shape index (κ2) is 9.78. The maximum atomic E-state index is 5.80. The molecule has 0 unspecified atom stereocenters. The number of anilines is 1. The lowest BCUT2D eigenvalue weighted by Crippen LogP contribution is -2.07. The highest BCUT2D eigenvalue weighted by Gasteiger charge is 2.04. The maximum absolute atomic E-state index is 5.80. The number of unbranched alkanes of at least 4 members (excludes halogenated alkanes) is 5. The molecule has 0 atom stereocenters. The summed E-state index contributed by atoms with van der Waals surface area (Å²) in [6, 6.07) is 0.296. The molecule has 5 nitrogen and oxygen atoms in total. The van der Waals surface area contributed by atoms with Crippen molar-refractivity contribution >= 4 is 17.5 Å². The molecule has 0 aromatic carbocycles. The van der Waals surface area contributed by atoms with Gasteiger partial charge in [0, 0.05) is 6.54 Å². The van der Waals surface area contributed by atoms with Crippen LogP contribution in [-0.2, 0) is 0 Å². The van der Waals surface area contributed by atoms with Crippen molar-refractivity contribution in [2.24, 2.45) is 0 Å². The van der Waals surface area contributed by atoms with E-state index in [2.05, 4.69) is 27.2 Å². The zero-order valence-electron chi connectivity index (χ0n) is 11.8. The van der Waals surface area contributed by atoms with Crippen LogP contribution >= 0.6 is 11.6 Å². The molecule has 0 amide bonds. The fourth-order valence-electron chi connectivity index (χ4n) is 1.68. The summed E-state index contributed by atoms with van der Waals surface area (Å²) >= 11 is 5.80. The van der Waals surface area contributed by atoms with E-state index < -0.39 is 0 Å². The van der Waals surface area contributed by atoms with Gasteiger partial charge in [-0.1, -0.05) is 39.0 Å². The molecule has 0 saturated heterocycles. The number of hydrogen-bond acceptors (Lipinski definition) is 5. The standard InChI is InChI=1S/C13H23ClN4O/c1-3-5-6-7-8-9-10-19-13-17-11(14)16-12(18-13)15-4-2/h3-10H2,1-2H3,(H,15,16,17,18). The van der Waals surface area contributed by atoms with Crippen molar-refractivity contribution in [2.45, 2.75) is 52.4 Å². The average molecular weight is 287 g/mol. The molecular formula is C13H23ClN4O. The van der Waals surface area contributed by atoms with Crippen LogP contribution in [0, 0.1) is 0 Å². The normalized spacial score (nSPS) is 10.5. The first kappa shape index (κ1) is 16.0. The van der Waals surface area contributed by atoms with Gasteiger partial charge >= 0.3 is 6.01 Å². The van der Waals surface area contributed by atoms with Gasteiger partial charge in [-0.15, -0.1) is 0 Å². The van der Waals surface area contributed by atoms with E-state index in [0.29, 0.717) is 18.6 Å². The van der Waals surface area contributed by atoms with Crippen molar-refractivity contribution < 1.29 is 4.74 Å². The Bertz CT molecular complexity index is 362. The Morgan fingerprint density at radius 3 is 2.47 bits per heavy atom. The topological polar surface area (TPSA) is 59.9 Å². The summed E-state index contributed by atoms with van der Waals surface area (Å²) in [5.41, 5.74) is 0. The minimum Gasteiger partial charge on any atom is -0.463 e. The molecule has 1 aromatic rings. The molecule has 0 aliphatic heterocycles. The fraction of sp³-hybridized carbons (Fsp3) is 0.769. The van der Waals surface area contributed by atoms with E-state index in [1.54, 1.807) is 0 Å². The molecule has 0 radical (unpaired) electrons. The molecule has 1 heterocycles. The summed E-state index contributed by atoms with van der Waals surface area (Å²) in [5, 5.41) is 3.14. The van der Waals surface area contributed by atoms with Crippen LogP contribution in [0.5, 0.6) is 6.01 Å². The van der Waals surface area contributed by atoms with E-state index in [9.17, 15) is 0 Å². The molecule has 0 fully saturated rings. The van der Waals surface area contributed by atoms with E-state index in [4.69, 9.17) is 16.3 Å². The van der Waals surface area contributed by atoms with Gasteiger partial charge in [0.15, 0.2) is 0 Å². The largest absolute Gasteiger partial charge is 0.463 e. The Balaban J connectivity index is 2.25. The van der Waals surface area contributed by atoms with Crippen LogP contribution in [0.15, 0.2) is 0 Å². The van der Waals surface area contributed by atoms with E-state index in [0.717, 1.165) is 13.0 Å². The lowest BCUT2D eigenvalue weighted by molar-refractivity contribution is 0.281. The molecule has 1 rings (SSSR count). The van der Waals surface area contributed by atoms with Crippen LogP contribution in [0.3, 0.4) is 0 Å². The highest BCUT2D eigenvalue weighted by Crippen LogP contribution is 2.12. The van der Waals surface area contributed by atoms with Gasteiger partial charge < -0.3 is 10.1 Å². The van der Waals surface area contributed by atoms with E-state index in [-0.39, 0.29) is 5.28 Å². The van der Waals surface area contributed by atoms with Gasteiger partial charge in [-0.05, 0) is 24.9 Å². The monoisotopic (exact) mass is 286 g/mol. The zero-order valence-corrected chi connectivity index (χ0v) is 12.5. The first-order valence-corrected chi connectivity index (χ1v) is 7.42. The quantitative estimate of drug-likeness (QED) is 0.665. The van der Waals surface area contributed by atoms with Crippen molar-refractivity contribution in [1.29, 1.82) is 0 Å². The van der Waals surface area contributed by atoms with Crippen molar-refractivity contribution in [3.63, 3.8) is 0 Å². The first-order valence-electron chi connectivity index (χ1n) is 7.04. The summed E-state index contributed by atoms with van der Waals surface area (Å²) in [7, 11) is 0. The van der Waals surface area contributed by atoms with Gasteiger partial charge in [0.05, 0.1) is 6.61 Å². The van der Waals surface area contributed by atoms with Gasteiger partial charge in [0.2, 0.25) is 11.2 Å². The van der Waals surface area contributed by atoms with Crippen molar-refractivity contribution in [3.05, 3.63) is 5.28 Å². The third kappa shape index (κ3) is 7.15. The van der Waals surface area contributed by atoms with E-state index in [1.165, 1.54) is 32.1 Å². The van der Waals surface area contributed by atoms with Crippen LogP contribution in [-0.4, -0.2) is 28.1 Å². The van der Waals surface area contributed by atoms with Gasteiger partial charge in [-0.2, -0.15) is 15.0 Å². The Kier molecular flexibility index (Phi) is 8.21. The number of ether oxygens (including phenoxy) is 1. The summed E-state index contributed by atoms with van der Waals surface area (Å²) in [4.78, 5) is 12.0. The summed E-state index contributed by atoms with van der Waals surface area (Å²) in [5.74, 6) is 0.459. The molecule has 0 saturated carbocycles. The second-order valence-electron chi connectivity index (χ2n) is 4.36. The molecular weight excluding hydrogens is 264 g/mol. The molecule has 1 N–H and O–H groups in total. The molecule has 1 aromatic heterocycles. The maximum Gasteiger partial charge on any atom is 0.322 e. The predicted octanol–water partition coefficient (Wildman–Crippen LogP) is 3.70. The zero-order chi connectivity index (χ0) is 13.9. The predicted molar refractivity (Wildman–Crippen MR) is 77.9 cm³/mol. The summed E-state index contributed by atoms with van der Waals surface area (Å²) in [6.07, 6.45) is 7.35. The van der Waals surface area contributed by atoms with Gasteiger partial charge in [0.1, 0.15) is 0 Å². The van der Waals surface area contributed by atoms with Crippen LogP contribution in [0.1, 0.15) is 52.4 Å². The lowest BCUT2D eigenvalue weighted by atomic mass is 10.1. The number of nitrogens with one attached hydrogen (secondary N) is 1. The Morgan fingerprint density at radius 1 is 1.00 bits per heavy atom. The number of hydrogen-bond donors (Lipinski definition) is 1. The minimum atomic E-state index is 0.156. The third-order valence-corrected chi connectivity index (χ3v) is 2.82. The Morgan fingerprint density at radius 2 is 1.74 bits per heavy atom. The molecule has 6 heteroatoms. The van der Waals surface area contributed by atoms with Crippen molar-refractivity contribution in [1.82, 2.24) is 15.0 Å². The second-order valence-corrected chi connectivity index (χ2v) is 4.70. The van der Waals surface area contributed by atoms with Crippen LogP contribution < -0.4 is 10.1 Å². The molecule has 108 valence electrons. The average Bonchev–Trinajstić information content (AvgIpc) is 2.37. The molecule has 0 spiro atoms. The summed E-state index contributed by atoms with van der Waals surface area (Å²) < 4.78 is 5.49. The van der Waals surface area contributed by atoms with E-state index >= 15 is 0 Å². The third-order valence-electron chi connectivity index (χ3n) is 2.65. The highest BCUT2D eigenvalue weighted by molar-refractivity contribution is 6.28. The Hall–Kier alpha value is -1.10. The van der Waals surface area contributed by atoms with Crippen LogP contribution in [0.4, 0.5) is 5.95 Å². The molecule has 0 bridgehead atoms. The first-order chi connectivity index (χ1) is 9.26. The molecule has 0 aliphatic carbocycles. The number of aromatic nitrogens is 3. The number of halogens is 1. The van der Waals surface area contributed by atoms with Crippen molar-refractivity contribution in [3.8, 4) is 6.01 Å². The lowest BCUT2D eigenvalue weighted by Gasteiger charge is -2.06. The van der Waals surface area contributed by atoms with Crippen LogP contribution in [0.2, 0.25) is 5.28 Å². The fourth-order valence-corrected chi connectivity index (χ4v) is 1.83. The van der Waals surface area contributed by atoms with Gasteiger partial charge in [-0.3, -0.25) is 0 Å². The highest BCUT2D eigenvalue weighted by atomic mass is 35.5. The van der Waals surface area contributed by atoms with Crippen molar-refractivity contribution in [2.75, 3.05) is 18.5 Å². The SMILES string of the molecule is CCCCCCCCOc1nc(Cl)nc(NCC)n1. The smallest absolute Gasteiger partial charge is 0.322 e. The minimum absolute atomic E-state index is 0.156. The van der Waals surface area contributed by atoms with Crippen LogP contribution in [0.25, 0.3) is 0 Å².